The number of nitrogens with zero attached hydrogens (tertiary/aromatic N) is 3. The Morgan fingerprint density at radius 3 is 2.79 bits per heavy atom. The van der Waals surface area contributed by atoms with Gasteiger partial charge in [-0.25, -0.2) is 9.78 Å². The predicted molar refractivity (Wildman–Crippen MR) is 68.8 cm³/mol. The first-order valence-electron chi connectivity index (χ1n) is 5.94. The number of hydrogen-bond acceptors (Lipinski definition) is 4. The molecule has 0 aromatic carbocycles. The Hall–Kier alpha value is -2.08. The van der Waals surface area contributed by atoms with Crippen LogP contribution < -0.4 is 0 Å². The van der Waals surface area contributed by atoms with E-state index >= 15 is 0 Å². The van der Waals surface area contributed by atoms with Gasteiger partial charge in [-0.2, -0.15) is 0 Å². The zero-order valence-corrected chi connectivity index (χ0v) is 11.3. The standard InChI is InChI=1S/C13H17N3O3/c1-9-11(13(17)18)6-10(19-9)7-15(2)8-12-14-4-5-16(12)3/h4-6H,7-8H2,1-3H3,(H,17,18). The maximum Gasteiger partial charge on any atom is 0.339 e. The lowest BCUT2D eigenvalue weighted by atomic mass is 10.2. The summed E-state index contributed by atoms with van der Waals surface area (Å²) in [4.78, 5) is 17.2. The van der Waals surface area contributed by atoms with E-state index in [1.165, 1.54) is 0 Å². The number of carboxylic acids is 1. The fraction of sp³-hybridized carbons (Fsp3) is 0.385. The molecule has 0 radical (unpaired) electrons. The fourth-order valence-electron chi connectivity index (χ4n) is 1.95. The molecule has 0 unspecified atom stereocenters. The molecule has 0 aliphatic carbocycles. The number of aryl methyl sites for hydroxylation is 2. The maximum atomic E-state index is 10.9. The van der Waals surface area contributed by atoms with Gasteiger partial charge < -0.3 is 14.1 Å². The number of rotatable bonds is 5. The van der Waals surface area contributed by atoms with Crippen molar-refractivity contribution >= 4 is 5.97 Å². The van der Waals surface area contributed by atoms with Crippen LogP contribution in [-0.4, -0.2) is 32.6 Å². The molecule has 19 heavy (non-hydrogen) atoms. The molecular formula is C13H17N3O3. The minimum atomic E-state index is -0.959. The van der Waals surface area contributed by atoms with Crippen LogP contribution in [0.2, 0.25) is 0 Å². The second-order valence-corrected chi connectivity index (χ2v) is 4.61. The highest BCUT2D eigenvalue weighted by molar-refractivity contribution is 5.88. The van der Waals surface area contributed by atoms with Crippen molar-refractivity contribution in [1.82, 2.24) is 14.5 Å². The van der Waals surface area contributed by atoms with Gasteiger partial charge in [0.15, 0.2) is 0 Å². The molecular weight excluding hydrogens is 246 g/mol. The summed E-state index contributed by atoms with van der Waals surface area (Å²) in [5.74, 6) is 1.07. The van der Waals surface area contributed by atoms with E-state index in [9.17, 15) is 4.79 Å². The second-order valence-electron chi connectivity index (χ2n) is 4.61. The summed E-state index contributed by atoms with van der Waals surface area (Å²) in [5.41, 5.74) is 0.223. The normalized spacial score (nSPS) is 11.2. The summed E-state index contributed by atoms with van der Waals surface area (Å²) < 4.78 is 7.40. The maximum absolute atomic E-state index is 10.9. The van der Waals surface area contributed by atoms with Gasteiger partial charge in [-0.15, -0.1) is 0 Å². The molecule has 2 rings (SSSR count). The first kappa shape index (κ1) is 13.4. The lowest BCUT2D eigenvalue weighted by molar-refractivity contribution is 0.0695. The van der Waals surface area contributed by atoms with E-state index in [1.54, 1.807) is 19.2 Å². The summed E-state index contributed by atoms with van der Waals surface area (Å²) in [6.45, 7) is 2.87. The number of aromatic carboxylic acids is 1. The summed E-state index contributed by atoms with van der Waals surface area (Å²) in [7, 11) is 3.88. The third-order valence-corrected chi connectivity index (χ3v) is 2.96. The Balaban J connectivity index is 2.03. The smallest absolute Gasteiger partial charge is 0.339 e. The number of imidazole rings is 1. The van der Waals surface area contributed by atoms with Crippen molar-refractivity contribution in [3.63, 3.8) is 0 Å². The minimum Gasteiger partial charge on any atom is -0.478 e. The second kappa shape index (κ2) is 5.27. The predicted octanol–water partition coefficient (Wildman–Crippen LogP) is 1.65. The van der Waals surface area contributed by atoms with Gasteiger partial charge >= 0.3 is 5.97 Å². The average molecular weight is 263 g/mol. The van der Waals surface area contributed by atoms with Crippen LogP contribution in [0.15, 0.2) is 22.9 Å². The van der Waals surface area contributed by atoms with Gasteiger partial charge in [-0.05, 0) is 20.0 Å². The minimum absolute atomic E-state index is 0.223. The molecule has 0 aliphatic heterocycles. The van der Waals surface area contributed by atoms with Gasteiger partial charge in [0.2, 0.25) is 0 Å². The summed E-state index contributed by atoms with van der Waals surface area (Å²) in [5, 5.41) is 8.97. The van der Waals surface area contributed by atoms with Crippen LogP contribution in [0.3, 0.4) is 0 Å². The lowest BCUT2D eigenvalue weighted by Crippen LogP contribution is -2.19. The molecule has 6 nitrogen and oxygen atoms in total. The van der Waals surface area contributed by atoms with E-state index in [2.05, 4.69) is 4.98 Å². The van der Waals surface area contributed by atoms with E-state index < -0.39 is 5.97 Å². The molecule has 0 saturated carbocycles. The quantitative estimate of drug-likeness (QED) is 0.888. The van der Waals surface area contributed by atoms with Gasteiger partial charge in [-0.1, -0.05) is 0 Å². The molecule has 2 aromatic rings. The molecule has 102 valence electrons. The van der Waals surface area contributed by atoms with Crippen LogP contribution in [0.4, 0.5) is 0 Å². The van der Waals surface area contributed by atoms with E-state index in [0.717, 1.165) is 5.82 Å². The van der Waals surface area contributed by atoms with E-state index in [0.29, 0.717) is 24.6 Å². The zero-order chi connectivity index (χ0) is 14.0. The first-order valence-corrected chi connectivity index (χ1v) is 5.94. The summed E-state index contributed by atoms with van der Waals surface area (Å²) >= 11 is 0. The third kappa shape index (κ3) is 3.03. The molecule has 2 heterocycles. The molecule has 0 saturated heterocycles. The van der Waals surface area contributed by atoms with E-state index in [-0.39, 0.29) is 5.56 Å². The SMILES string of the molecule is Cc1oc(CN(C)Cc2nccn2C)cc1C(=O)O. The van der Waals surface area contributed by atoms with E-state index in [4.69, 9.17) is 9.52 Å². The molecule has 2 aromatic heterocycles. The Morgan fingerprint density at radius 2 is 2.26 bits per heavy atom. The van der Waals surface area contributed by atoms with Crippen molar-refractivity contribution in [3.05, 3.63) is 41.4 Å². The van der Waals surface area contributed by atoms with Crippen molar-refractivity contribution < 1.29 is 14.3 Å². The van der Waals surface area contributed by atoms with Crippen LogP contribution >= 0.6 is 0 Å². The monoisotopic (exact) mass is 263 g/mol. The highest BCUT2D eigenvalue weighted by atomic mass is 16.4. The zero-order valence-electron chi connectivity index (χ0n) is 11.3. The Bertz CT molecular complexity index is 586. The van der Waals surface area contributed by atoms with Crippen molar-refractivity contribution in [2.75, 3.05) is 7.05 Å². The van der Waals surface area contributed by atoms with Gasteiger partial charge in [0.25, 0.3) is 0 Å². The van der Waals surface area contributed by atoms with Crippen molar-refractivity contribution in [1.29, 1.82) is 0 Å². The summed E-state index contributed by atoms with van der Waals surface area (Å²) in [6.07, 6.45) is 3.64. The molecule has 0 fully saturated rings. The number of hydrogen-bond donors (Lipinski definition) is 1. The molecule has 0 bridgehead atoms. The number of carboxylic acid groups (broad SMARTS) is 1. The van der Waals surface area contributed by atoms with Crippen LogP contribution in [0.1, 0.15) is 27.7 Å². The summed E-state index contributed by atoms with van der Waals surface area (Å²) in [6, 6.07) is 1.58. The number of furan rings is 1. The first-order chi connectivity index (χ1) is 8.97. The number of carbonyl (C=O) groups is 1. The van der Waals surface area contributed by atoms with Crippen LogP contribution in [0.5, 0.6) is 0 Å². The molecule has 0 atom stereocenters. The highest BCUT2D eigenvalue weighted by Gasteiger charge is 2.15. The molecule has 0 amide bonds. The van der Waals surface area contributed by atoms with Crippen molar-refractivity contribution in [2.45, 2.75) is 20.0 Å². The Morgan fingerprint density at radius 1 is 1.53 bits per heavy atom. The van der Waals surface area contributed by atoms with Gasteiger partial charge in [0.05, 0.1) is 13.1 Å². The molecule has 0 aliphatic rings. The largest absolute Gasteiger partial charge is 0.478 e. The lowest BCUT2D eigenvalue weighted by Gasteiger charge is -2.14. The Kier molecular flexibility index (Phi) is 3.71. The number of aromatic nitrogens is 2. The van der Waals surface area contributed by atoms with Gasteiger partial charge in [-0.3, -0.25) is 4.90 Å². The molecule has 0 spiro atoms. The Labute approximate surface area is 111 Å². The highest BCUT2D eigenvalue weighted by Crippen LogP contribution is 2.16. The topological polar surface area (TPSA) is 71.5 Å². The molecule has 1 N–H and O–H groups in total. The van der Waals surface area contributed by atoms with Crippen LogP contribution in [0.25, 0.3) is 0 Å². The fourth-order valence-corrected chi connectivity index (χ4v) is 1.95. The van der Waals surface area contributed by atoms with Crippen molar-refractivity contribution in [2.24, 2.45) is 7.05 Å². The van der Waals surface area contributed by atoms with Gasteiger partial charge in [0, 0.05) is 19.4 Å². The van der Waals surface area contributed by atoms with Crippen molar-refractivity contribution in [3.8, 4) is 0 Å². The van der Waals surface area contributed by atoms with Crippen LogP contribution in [-0.2, 0) is 20.1 Å². The third-order valence-electron chi connectivity index (χ3n) is 2.96. The molecule has 6 heteroatoms. The van der Waals surface area contributed by atoms with Crippen LogP contribution in [0, 0.1) is 6.92 Å². The van der Waals surface area contributed by atoms with E-state index in [1.807, 2.05) is 29.8 Å². The average Bonchev–Trinajstić information content (AvgIpc) is 2.86. The van der Waals surface area contributed by atoms with Gasteiger partial charge in [0.1, 0.15) is 22.9 Å².